The van der Waals surface area contributed by atoms with Crippen LogP contribution in [-0.2, 0) is 14.3 Å². The van der Waals surface area contributed by atoms with Crippen molar-refractivity contribution < 1.29 is 24.5 Å². The van der Waals surface area contributed by atoms with Crippen molar-refractivity contribution in [2.24, 2.45) is 5.92 Å². The minimum absolute atomic E-state index is 0.149. The monoisotopic (exact) mass is 353 g/mol. The predicted octanol–water partition coefficient (Wildman–Crippen LogP) is 3.58. The molecule has 0 saturated heterocycles. The Labute approximate surface area is 147 Å². The molecule has 0 aliphatic heterocycles. The highest BCUT2D eigenvalue weighted by Crippen LogP contribution is 2.49. The third-order valence-electron chi connectivity index (χ3n) is 4.96. The van der Waals surface area contributed by atoms with Crippen LogP contribution < -0.4 is 0 Å². The molecule has 2 N–H and O–H groups in total. The highest BCUT2D eigenvalue weighted by molar-refractivity contribution is 6.28. The molecule has 0 aromatic heterocycles. The summed E-state index contributed by atoms with van der Waals surface area (Å²) in [4.78, 5) is 23.3. The van der Waals surface area contributed by atoms with E-state index in [-0.39, 0.29) is 12.8 Å². The average molecular weight is 354 g/mol. The van der Waals surface area contributed by atoms with Crippen molar-refractivity contribution in [3.63, 3.8) is 0 Å². The number of hydrogen-bond donors (Lipinski definition) is 2. The Balaban J connectivity index is 3.25. The van der Waals surface area contributed by atoms with Gasteiger partial charge in [0.25, 0.3) is 0 Å². The number of allylic oxidation sites excluding steroid dienone is 1. The van der Waals surface area contributed by atoms with Gasteiger partial charge >= 0.3 is 11.9 Å². The van der Waals surface area contributed by atoms with Crippen LogP contribution >= 0.6 is 0 Å². The second-order valence-electron chi connectivity index (χ2n) is 6.59. The van der Waals surface area contributed by atoms with E-state index in [9.17, 15) is 19.8 Å². The van der Waals surface area contributed by atoms with Gasteiger partial charge in [-0.15, -0.1) is 0 Å². The first-order chi connectivity index (χ1) is 11.3. The van der Waals surface area contributed by atoms with Crippen LogP contribution in [0.5, 0.6) is 0 Å². The van der Waals surface area contributed by atoms with Crippen LogP contribution in [-0.4, -0.2) is 44.6 Å². The zero-order valence-electron chi connectivity index (χ0n) is 14.9. The van der Waals surface area contributed by atoms with E-state index in [0.717, 1.165) is 37.7 Å². The number of carboxylic acid groups (broad SMARTS) is 2. The number of ether oxygens (including phenoxy) is 1. The molecule has 0 fully saturated rings. The maximum atomic E-state index is 11.7. The maximum Gasteiger partial charge on any atom is 0.307 e. The Hall–Kier alpha value is -1.14. The summed E-state index contributed by atoms with van der Waals surface area (Å²) in [5.41, 5.74) is 0.474. The Morgan fingerprint density at radius 3 is 2.42 bits per heavy atom. The van der Waals surface area contributed by atoms with Crippen molar-refractivity contribution in [1.29, 1.82) is 0 Å². The fourth-order valence-corrected chi connectivity index (χ4v) is 3.96. The van der Waals surface area contributed by atoms with Gasteiger partial charge in [0.05, 0.1) is 16.6 Å². The molecule has 0 heterocycles. The standard InChI is InChI=1S/C18H29O5Si/c1-4-7-10-17(9-5-2,23-6-3)13-8-11-18(24,16(21)22)14(12-13)15(19)20/h8,14H,4-7,9-12H2,1-3H3,(H,19,20)(H,21,22). The van der Waals surface area contributed by atoms with Crippen LogP contribution in [0.4, 0.5) is 0 Å². The molecule has 0 aromatic carbocycles. The largest absolute Gasteiger partial charge is 0.481 e. The van der Waals surface area contributed by atoms with Crippen molar-refractivity contribution in [2.45, 2.75) is 76.4 Å². The highest BCUT2D eigenvalue weighted by atomic mass is 28.1. The normalized spacial score (nSPS) is 26.5. The first kappa shape index (κ1) is 20.9. The molecule has 0 amide bonds. The first-order valence-electron chi connectivity index (χ1n) is 8.82. The van der Waals surface area contributed by atoms with E-state index in [1.807, 2.05) is 13.0 Å². The molecular weight excluding hydrogens is 324 g/mol. The lowest BCUT2D eigenvalue weighted by molar-refractivity contribution is -0.153. The third-order valence-corrected chi connectivity index (χ3v) is 5.73. The van der Waals surface area contributed by atoms with Crippen LogP contribution in [0, 0.1) is 5.92 Å². The predicted molar refractivity (Wildman–Crippen MR) is 93.3 cm³/mol. The Morgan fingerprint density at radius 2 is 1.96 bits per heavy atom. The van der Waals surface area contributed by atoms with Crippen molar-refractivity contribution >= 4 is 22.2 Å². The van der Waals surface area contributed by atoms with Gasteiger partial charge in [-0.2, -0.15) is 0 Å². The van der Waals surface area contributed by atoms with Gasteiger partial charge in [0.15, 0.2) is 0 Å². The SMILES string of the molecule is CCCCC(CCC)(OCC)C1=CCC([Si])(C(=O)O)C(C(=O)O)C1. The van der Waals surface area contributed by atoms with Crippen molar-refractivity contribution in [2.75, 3.05) is 6.61 Å². The Morgan fingerprint density at radius 1 is 1.29 bits per heavy atom. The lowest BCUT2D eigenvalue weighted by Crippen LogP contribution is -2.44. The van der Waals surface area contributed by atoms with Gasteiger partial charge in [0.2, 0.25) is 0 Å². The van der Waals surface area contributed by atoms with Gasteiger partial charge in [0, 0.05) is 16.8 Å². The van der Waals surface area contributed by atoms with Gasteiger partial charge in [-0.3, -0.25) is 9.59 Å². The van der Waals surface area contributed by atoms with Gasteiger partial charge in [-0.1, -0.05) is 39.2 Å². The second-order valence-corrected chi connectivity index (χ2v) is 7.48. The van der Waals surface area contributed by atoms with Crippen molar-refractivity contribution in [3.8, 4) is 0 Å². The zero-order valence-corrected chi connectivity index (χ0v) is 15.9. The van der Waals surface area contributed by atoms with Crippen LogP contribution in [0.25, 0.3) is 0 Å². The lowest BCUT2D eigenvalue weighted by atomic mass is 9.71. The maximum absolute atomic E-state index is 11.7. The molecule has 3 radical (unpaired) electrons. The van der Waals surface area contributed by atoms with E-state index < -0.39 is 28.5 Å². The quantitative estimate of drug-likeness (QED) is 0.463. The van der Waals surface area contributed by atoms with Crippen LogP contribution in [0.2, 0.25) is 5.04 Å². The van der Waals surface area contributed by atoms with Gasteiger partial charge in [0.1, 0.15) is 0 Å². The molecule has 0 aromatic rings. The topological polar surface area (TPSA) is 83.8 Å². The van der Waals surface area contributed by atoms with E-state index in [2.05, 4.69) is 24.1 Å². The van der Waals surface area contributed by atoms with E-state index in [1.54, 1.807) is 0 Å². The molecule has 24 heavy (non-hydrogen) atoms. The second kappa shape index (κ2) is 8.81. The van der Waals surface area contributed by atoms with E-state index in [0.29, 0.717) is 6.61 Å². The van der Waals surface area contributed by atoms with Crippen molar-refractivity contribution in [1.82, 2.24) is 0 Å². The van der Waals surface area contributed by atoms with Gasteiger partial charge in [-0.25, -0.2) is 0 Å². The summed E-state index contributed by atoms with van der Waals surface area (Å²) in [5.74, 6) is -3.23. The summed E-state index contributed by atoms with van der Waals surface area (Å²) in [6, 6.07) is 0. The van der Waals surface area contributed by atoms with Crippen LogP contribution in [0.1, 0.15) is 65.7 Å². The summed E-state index contributed by atoms with van der Waals surface area (Å²) in [6.07, 6.45) is 6.85. The lowest BCUT2D eigenvalue weighted by Gasteiger charge is -2.43. The summed E-state index contributed by atoms with van der Waals surface area (Å²) < 4.78 is 6.14. The highest BCUT2D eigenvalue weighted by Gasteiger charge is 2.50. The molecule has 1 aliphatic carbocycles. The number of rotatable bonds is 10. The number of carboxylic acids is 2. The molecule has 0 spiro atoms. The summed E-state index contributed by atoms with van der Waals surface area (Å²) in [6.45, 7) is 6.70. The van der Waals surface area contributed by atoms with Crippen molar-refractivity contribution in [3.05, 3.63) is 11.6 Å². The van der Waals surface area contributed by atoms with E-state index in [4.69, 9.17) is 4.74 Å². The number of aliphatic carboxylic acids is 2. The minimum Gasteiger partial charge on any atom is -0.481 e. The molecular formula is C18H29O5Si. The third kappa shape index (κ3) is 4.28. The smallest absolute Gasteiger partial charge is 0.307 e. The summed E-state index contributed by atoms with van der Waals surface area (Å²) in [7, 11) is 3.25. The molecule has 3 unspecified atom stereocenters. The number of unbranched alkanes of at least 4 members (excludes halogenated alkanes) is 1. The van der Waals surface area contributed by atoms with Crippen LogP contribution in [0.15, 0.2) is 11.6 Å². The fourth-order valence-electron chi connectivity index (χ4n) is 3.64. The molecule has 135 valence electrons. The molecule has 0 saturated carbocycles. The average Bonchev–Trinajstić information content (AvgIpc) is 2.53. The molecule has 5 nitrogen and oxygen atoms in total. The molecule has 0 bridgehead atoms. The fraction of sp³-hybridized carbons (Fsp3) is 0.778. The Bertz CT molecular complexity index is 482. The molecule has 3 atom stereocenters. The summed E-state index contributed by atoms with van der Waals surface area (Å²) >= 11 is 0. The molecule has 6 heteroatoms. The number of carbonyl (C=O) groups is 2. The molecule has 1 aliphatic rings. The molecule has 1 rings (SSSR count). The zero-order chi connectivity index (χ0) is 18.4. The first-order valence-corrected chi connectivity index (χ1v) is 9.32. The minimum atomic E-state index is -1.45. The van der Waals surface area contributed by atoms with E-state index in [1.165, 1.54) is 0 Å². The van der Waals surface area contributed by atoms with Gasteiger partial charge in [-0.05, 0) is 38.2 Å². The van der Waals surface area contributed by atoms with Gasteiger partial charge < -0.3 is 14.9 Å². The van der Waals surface area contributed by atoms with E-state index >= 15 is 0 Å². The Kier molecular flexibility index (Phi) is 7.67. The summed E-state index contributed by atoms with van der Waals surface area (Å²) in [5, 5.41) is 17.6. The number of hydrogen-bond acceptors (Lipinski definition) is 3. The van der Waals surface area contributed by atoms with Crippen LogP contribution in [0.3, 0.4) is 0 Å².